The molecule has 1 aromatic carbocycles. The number of likely N-dealkylation sites (N-methyl/N-ethyl adjacent to an activating group) is 1. The van der Waals surface area contributed by atoms with E-state index in [1.807, 2.05) is 18.2 Å². The fourth-order valence-electron chi connectivity index (χ4n) is 2.00. The van der Waals surface area contributed by atoms with Crippen LogP contribution in [-0.4, -0.2) is 29.1 Å². The highest BCUT2D eigenvalue weighted by molar-refractivity contribution is 7.88. The standard InChI is InChI=1S/C11H16N2O2S/c1-12-16(14,15)8-9-3-4-11-10(7-9)5-6-13(11)2/h3-4,7,12H,5-6,8H2,1-2H3. The Morgan fingerprint density at radius 3 is 2.88 bits per heavy atom. The molecule has 0 spiro atoms. The Morgan fingerprint density at radius 2 is 2.19 bits per heavy atom. The van der Waals surface area contributed by atoms with Crippen molar-refractivity contribution < 1.29 is 8.42 Å². The van der Waals surface area contributed by atoms with E-state index >= 15 is 0 Å². The Kier molecular flexibility index (Phi) is 2.90. The molecule has 0 fully saturated rings. The maximum atomic E-state index is 11.4. The number of fused-ring (bicyclic) bond motifs is 1. The molecule has 1 heterocycles. The first-order valence-corrected chi connectivity index (χ1v) is 6.91. The van der Waals surface area contributed by atoms with Gasteiger partial charge in [0.15, 0.2) is 0 Å². The molecule has 1 N–H and O–H groups in total. The van der Waals surface area contributed by atoms with E-state index in [1.165, 1.54) is 18.3 Å². The van der Waals surface area contributed by atoms with Crippen molar-refractivity contribution in [2.24, 2.45) is 0 Å². The molecule has 4 nitrogen and oxygen atoms in total. The van der Waals surface area contributed by atoms with Crippen molar-refractivity contribution in [3.63, 3.8) is 0 Å². The lowest BCUT2D eigenvalue weighted by Crippen LogP contribution is -2.20. The summed E-state index contributed by atoms with van der Waals surface area (Å²) in [5, 5.41) is 0. The topological polar surface area (TPSA) is 49.4 Å². The van der Waals surface area contributed by atoms with Crippen LogP contribution in [0.2, 0.25) is 0 Å². The minimum Gasteiger partial charge on any atom is -0.374 e. The summed E-state index contributed by atoms with van der Waals surface area (Å²) in [4.78, 5) is 2.19. The van der Waals surface area contributed by atoms with E-state index in [2.05, 4.69) is 16.7 Å². The molecule has 0 saturated heterocycles. The predicted octanol–water partition coefficient (Wildman–Crippen LogP) is 0.728. The molecule has 0 aromatic heterocycles. The third-order valence-corrected chi connectivity index (χ3v) is 4.27. The van der Waals surface area contributed by atoms with Gasteiger partial charge in [-0.25, -0.2) is 13.1 Å². The molecule has 0 amide bonds. The van der Waals surface area contributed by atoms with Gasteiger partial charge in [0.05, 0.1) is 5.75 Å². The number of benzene rings is 1. The van der Waals surface area contributed by atoms with Crippen molar-refractivity contribution in [3.8, 4) is 0 Å². The molecule has 16 heavy (non-hydrogen) atoms. The van der Waals surface area contributed by atoms with E-state index in [9.17, 15) is 8.42 Å². The first kappa shape index (κ1) is 11.4. The highest BCUT2D eigenvalue weighted by atomic mass is 32.2. The second-order valence-corrected chi connectivity index (χ2v) is 6.02. The summed E-state index contributed by atoms with van der Waals surface area (Å²) in [6.07, 6.45) is 0.999. The van der Waals surface area contributed by atoms with Crippen LogP contribution in [0, 0.1) is 0 Å². The van der Waals surface area contributed by atoms with Gasteiger partial charge >= 0.3 is 0 Å². The van der Waals surface area contributed by atoms with Gasteiger partial charge in [-0.1, -0.05) is 12.1 Å². The molecular weight excluding hydrogens is 224 g/mol. The number of sulfonamides is 1. The number of hydrogen-bond acceptors (Lipinski definition) is 3. The molecule has 0 unspecified atom stereocenters. The van der Waals surface area contributed by atoms with E-state index in [0.29, 0.717) is 0 Å². The predicted molar refractivity (Wildman–Crippen MR) is 65.1 cm³/mol. The third kappa shape index (κ3) is 2.20. The smallest absolute Gasteiger partial charge is 0.215 e. The SMILES string of the molecule is CNS(=O)(=O)Cc1ccc2c(c1)CCN2C. The van der Waals surface area contributed by atoms with Crippen LogP contribution >= 0.6 is 0 Å². The second kappa shape index (κ2) is 4.07. The van der Waals surface area contributed by atoms with Gasteiger partial charge in [-0.15, -0.1) is 0 Å². The van der Waals surface area contributed by atoms with Gasteiger partial charge in [0.1, 0.15) is 0 Å². The van der Waals surface area contributed by atoms with Crippen LogP contribution in [0.4, 0.5) is 5.69 Å². The quantitative estimate of drug-likeness (QED) is 0.847. The maximum absolute atomic E-state index is 11.4. The minimum absolute atomic E-state index is 0.0560. The third-order valence-electron chi connectivity index (χ3n) is 2.94. The normalized spacial score (nSPS) is 15.2. The van der Waals surface area contributed by atoms with E-state index in [0.717, 1.165) is 18.5 Å². The number of nitrogens with one attached hydrogen (secondary N) is 1. The molecule has 1 aromatic rings. The second-order valence-electron chi connectivity index (χ2n) is 4.10. The largest absolute Gasteiger partial charge is 0.374 e. The summed E-state index contributed by atoms with van der Waals surface area (Å²) in [5.41, 5.74) is 3.31. The lowest BCUT2D eigenvalue weighted by molar-refractivity contribution is 0.587. The lowest BCUT2D eigenvalue weighted by atomic mass is 10.1. The van der Waals surface area contributed by atoms with Crippen LogP contribution in [0.15, 0.2) is 18.2 Å². The zero-order chi connectivity index (χ0) is 11.8. The Hall–Kier alpha value is -1.07. The monoisotopic (exact) mass is 240 g/mol. The highest BCUT2D eigenvalue weighted by Gasteiger charge is 2.17. The van der Waals surface area contributed by atoms with Gasteiger partial charge in [-0.05, 0) is 30.7 Å². The molecule has 88 valence electrons. The van der Waals surface area contributed by atoms with Gasteiger partial charge in [0.2, 0.25) is 10.0 Å². The van der Waals surface area contributed by atoms with E-state index in [-0.39, 0.29) is 5.75 Å². The zero-order valence-electron chi connectivity index (χ0n) is 9.53. The summed E-state index contributed by atoms with van der Waals surface area (Å²) < 4.78 is 25.2. The van der Waals surface area contributed by atoms with Gasteiger partial charge in [-0.2, -0.15) is 0 Å². The van der Waals surface area contributed by atoms with Crippen LogP contribution in [-0.2, 0) is 22.2 Å². The molecule has 2 rings (SSSR count). The molecule has 1 aliphatic rings. The molecule has 5 heteroatoms. The summed E-state index contributed by atoms with van der Waals surface area (Å²) in [6, 6.07) is 5.88. The van der Waals surface area contributed by atoms with Crippen LogP contribution in [0.3, 0.4) is 0 Å². The van der Waals surface area contributed by atoms with Crippen molar-refractivity contribution in [1.29, 1.82) is 0 Å². The first-order chi connectivity index (χ1) is 7.52. The van der Waals surface area contributed by atoms with Crippen molar-refractivity contribution in [3.05, 3.63) is 29.3 Å². The van der Waals surface area contributed by atoms with Crippen LogP contribution in [0.25, 0.3) is 0 Å². The molecule has 0 aliphatic carbocycles. The average molecular weight is 240 g/mol. The maximum Gasteiger partial charge on any atom is 0.215 e. The van der Waals surface area contributed by atoms with E-state index < -0.39 is 10.0 Å². The summed E-state index contributed by atoms with van der Waals surface area (Å²) in [7, 11) is 0.325. The van der Waals surface area contributed by atoms with Gasteiger partial charge in [0.25, 0.3) is 0 Å². The number of anilines is 1. The lowest BCUT2D eigenvalue weighted by Gasteiger charge is -2.12. The van der Waals surface area contributed by atoms with Crippen molar-refractivity contribution in [1.82, 2.24) is 4.72 Å². The van der Waals surface area contributed by atoms with Crippen molar-refractivity contribution in [2.75, 3.05) is 25.5 Å². The van der Waals surface area contributed by atoms with Crippen LogP contribution < -0.4 is 9.62 Å². The Bertz CT molecular complexity index is 497. The molecule has 0 atom stereocenters. The number of hydrogen-bond donors (Lipinski definition) is 1. The van der Waals surface area contributed by atoms with Crippen LogP contribution in [0.5, 0.6) is 0 Å². The Balaban J connectivity index is 2.26. The molecule has 0 saturated carbocycles. The molecule has 0 bridgehead atoms. The minimum atomic E-state index is -3.17. The summed E-state index contributed by atoms with van der Waals surface area (Å²) in [6.45, 7) is 1.01. The Morgan fingerprint density at radius 1 is 1.44 bits per heavy atom. The summed E-state index contributed by atoms with van der Waals surface area (Å²) >= 11 is 0. The van der Waals surface area contributed by atoms with Crippen molar-refractivity contribution >= 4 is 15.7 Å². The van der Waals surface area contributed by atoms with Gasteiger partial charge in [-0.3, -0.25) is 0 Å². The fourth-order valence-corrected chi connectivity index (χ4v) is 2.76. The first-order valence-electron chi connectivity index (χ1n) is 5.26. The summed E-state index contributed by atoms with van der Waals surface area (Å²) in [5.74, 6) is 0.0560. The molecule has 0 radical (unpaired) electrons. The molecule has 1 aliphatic heterocycles. The zero-order valence-corrected chi connectivity index (χ0v) is 10.3. The Labute approximate surface area is 96.3 Å². The molecular formula is C11H16N2O2S. The van der Waals surface area contributed by atoms with Crippen LogP contribution in [0.1, 0.15) is 11.1 Å². The van der Waals surface area contributed by atoms with Crippen molar-refractivity contribution in [2.45, 2.75) is 12.2 Å². The fraction of sp³-hybridized carbons (Fsp3) is 0.455. The van der Waals surface area contributed by atoms with Gasteiger partial charge in [0, 0.05) is 19.3 Å². The van der Waals surface area contributed by atoms with E-state index in [1.54, 1.807) is 0 Å². The average Bonchev–Trinajstić information content (AvgIpc) is 2.60. The van der Waals surface area contributed by atoms with E-state index in [4.69, 9.17) is 0 Å². The van der Waals surface area contributed by atoms with Gasteiger partial charge < -0.3 is 4.90 Å². The number of rotatable bonds is 3. The number of nitrogens with zero attached hydrogens (tertiary/aromatic N) is 1. The highest BCUT2D eigenvalue weighted by Crippen LogP contribution is 2.27.